The molecule has 1 aliphatic carbocycles. The lowest BCUT2D eigenvalue weighted by atomic mass is 9.80. The highest BCUT2D eigenvalue weighted by atomic mass is 32.2. The Balaban J connectivity index is 2.04. The molecule has 0 radical (unpaired) electrons. The van der Waals surface area contributed by atoms with Crippen LogP contribution in [-0.4, -0.2) is 42.3 Å². The molecule has 1 aliphatic heterocycles. The summed E-state index contributed by atoms with van der Waals surface area (Å²) in [4.78, 5) is 0. The molecule has 0 aromatic rings. The van der Waals surface area contributed by atoms with Crippen molar-refractivity contribution in [3.05, 3.63) is 0 Å². The van der Waals surface area contributed by atoms with Gasteiger partial charge in [0.25, 0.3) is 0 Å². The Bertz CT molecular complexity index is 321. The van der Waals surface area contributed by atoms with Crippen LogP contribution in [0, 0.1) is 5.92 Å². The van der Waals surface area contributed by atoms with Crippen LogP contribution in [-0.2, 0) is 10.0 Å². The number of sulfonamides is 1. The van der Waals surface area contributed by atoms with Crippen molar-refractivity contribution in [3.63, 3.8) is 0 Å². The van der Waals surface area contributed by atoms with Crippen molar-refractivity contribution in [2.75, 3.05) is 18.8 Å². The first-order valence-corrected chi connectivity index (χ1v) is 6.72. The fourth-order valence-corrected chi connectivity index (χ4v) is 4.17. The molecule has 5 heteroatoms. The van der Waals surface area contributed by atoms with Crippen molar-refractivity contribution in [2.45, 2.75) is 31.8 Å². The van der Waals surface area contributed by atoms with Gasteiger partial charge in [-0.15, -0.1) is 0 Å². The minimum Gasteiger partial charge on any atom is -0.389 e. The largest absolute Gasteiger partial charge is 0.389 e. The second-order valence-corrected chi connectivity index (χ2v) is 6.77. The van der Waals surface area contributed by atoms with Crippen molar-refractivity contribution < 1.29 is 13.5 Å². The highest BCUT2D eigenvalue weighted by Gasteiger charge is 2.42. The smallest absolute Gasteiger partial charge is 0.214 e. The van der Waals surface area contributed by atoms with E-state index in [0.717, 1.165) is 19.3 Å². The molecule has 0 amide bonds. The number of hydrogen-bond donors (Lipinski definition) is 1. The summed E-state index contributed by atoms with van der Waals surface area (Å²) in [7, 11) is -3.07. The van der Waals surface area contributed by atoms with Crippen molar-refractivity contribution in [2.24, 2.45) is 5.92 Å². The van der Waals surface area contributed by atoms with Crippen molar-refractivity contribution >= 4 is 10.0 Å². The van der Waals surface area contributed by atoms with Gasteiger partial charge in [0.15, 0.2) is 0 Å². The van der Waals surface area contributed by atoms with Crippen molar-refractivity contribution in [1.29, 1.82) is 0 Å². The quantitative estimate of drug-likeness (QED) is 0.721. The van der Waals surface area contributed by atoms with E-state index in [-0.39, 0.29) is 11.7 Å². The predicted octanol–water partition coefficient (Wildman–Crippen LogP) is 0.183. The highest BCUT2D eigenvalue weighted by molar-refractivity contribution is 7.89. The van der Waals surface area contributed by atoms with Crippen LogP contribution in [0.1, 0.15) is 26.2 Å². The Kier molecular flexibility index (Phi) is 2.36. The first-order valence-electron chi connectivity index (χ1n) is 5.12. The summed E-state index contributed by atoms with van der Waals surface area (Å²) >= 11 is 0. The van der Waals surface area contributed by atoms with Gasteiger partial charge in [0.05, 0.1) is 11.4 Å². The van der Waals surface area contributed by atoms with Crippen LogP contribution in [0.2, 0.25) is 0 Å². The molecule has 1 heterocycles. The number of β-amino-alcohol motifs (C(OH)–C–C–N with tert-alkyl or cyclic N) is 1. The Morgan fingerprint density at radius 2 is 2.14 bits per heavy atom. The molecular formula is C9H17NO3S. The lowest BCUT2D eigenvalue weighted by Gasteiger charge is -2.38. The predicted molar refractivity (Wildman–Crippen MR) is 53.3 cm³/mol. The third kappa shape index (κ3) is 1.81. The van der Waals surface area contributed by atoms with E-state index in [4.69, 9.17) is 0 Å². The van der Waals surface area contributed by atoms with Crippen LogP contribution < -0.4 is 0 Å². The number of nitrogens with zero attached hydrogens (tertiary/aromatic N) is 1. The molecule has 1 unspecified atom stereocenters. The maximum atomic E-state index is 11.6. The van der Waals surface area contributed by atoms with Crippen molar-refractivity contribution in [3.8, 4) is 0 Å². The van der Waals surface area contributed by atoms with Crippen LogP contribution in [0.15, 0.2) is 0 Å². The van der Waals surface area contributed by atoms with Crippen molar-refractivity contribution in [1.82, 2.24) is 4.31 Å². The SMILES string of the molecule is CC1CN(CC2(O)CCC2)S(=O)(=O)C1. The van der Waals surface area contributed by atoms with Gasteiger partial charge in [-0.05, 0) is 25.2 Å². The van der Waals surface area contributed by atoms with Crippen LogP contribution in [0.4, 0.5) is 0 Å². The number of hydrogen-bond acceptors (Lipinski definition) is 3. The zero-order valence-electron chi connectivity index (χ0n) is 8.44. The fraction of sp³-hybridized carbons (Fsp3) is 1.00. The molecule has 0 bridgehead atoms. The second kappa shape index (κ2) is 3.18. The van der Waals surface area contributed by atoms with Gasteiger partial charge in [0.2, 0.25) is 10.0 Å². The standard InChI is InChI=1S/C9H17NO3S/c1-8-5-10(14(12,13)6-8)7-9(11)3-2-4-9/h8,11H,2-7H2,1H3. The molecule has 1 N–H and O–H groups in total. The maximum Gasteiger partial charge on any atom is 0.214 e. The van der Waals surface area contributed by atoms with E-state index in [1.54, 1.807) is 0 Å². The van der Waals surface area contributed by atoms with E-state index in [1.165, 1.54) is 4.31 Å². The lowest BCUT2D eigenvalue weighted by Crippen LogP contribution is -2.48. The highest BCUT2D eigenvalue weighted by Crippen LogP contribution is 2.34. The molecule has 14 heavy (non-hydrogen) atoms. The lowest BCUT2D eigenvalue weighted by molar-refractivity contribution is -0.0448. The third-order valence-corrected chi connectivity index (χ3v) is 5.21. The maximum absolute atomic E-state index is 11.6. The Labute approximate surface area is 85.0 Å². The van der Waals surface area contributed by atoms with E-state index >= 15 is 0 Å². The number of rotatable bonds is 2. The van der Waals surface area contributed by atoms with Crippen LogP contribution in [0.5, 0.6) is 0 Å². The molecule has 0 spiro atoms. The Morgan fingerprint density at radius 1 is 1.50 bits per heavy atom. The van der Waals surface area contributed by atoms with Crippen LogP contribution in [0.3, 0.4) is 0 Å². The van der Waals surface area contributed by atoms with Gasteiger partial charge in [-0.1, -0.05) is 6.92 Å². The van der Waals surface area contributed by atoms with Gasteiger partial charge in [-0.2, -0.15) is 4.31 Å². The first-order chi connectivity index (χ1) is 6.41. The molecule has 0 aromatic heterocycles. The van der Waals surface area contributed by atoms with E-state index in [2.05, 4.69) is 0 Å². The second-order valence-electron chi connectivity index (χ2n) is 4.75. The van der Waals surface area contributed by atoms with E-state index < -0.39 is 15.6 Å². The molecule has 82 valence electrons. The van der Waals surface area contributed by atoms with E-state index in [1.807, 2.05) is 6.92 Å². The molecule has 1 atom stereocenters. The average Bonchev–Trinajstić information content (AvgIpc) is 2.21. The minimum atomic E-state index is -3.07. The monoisotopic (exact) mass is 219 g/mol. The van der Waals surface area contributed by atoms with E-state index in [9.17, 15) is 13.5 Å². The van der Waals surface area contributed by atoms with Gasteiger partial charge >= 0.3 is 0 Å². The van der Waals surface area contributed by atoms with Gasteiger partial charge in [0, 0.05) is 13.1 Å². The zero-order valence-corrected chi connectivity index (χ0v) is 9.26. The summed E-state index contributed by atoms with van der Waals surface area (Å²) < 4.78 is 24.7. The Hall–Kier alpha value is -0.130. The van der Waals surface area contributed by atoms with Crippen LogP contribution in [0.25, 0.3) is 0 Å². The molecule has 2 aliphatic rings. The summed E-state index contributed by atoms with van der Waals surface area (Å²) in [5, 5.41) is 9.88. The average molecular weight is 219 g/mol. The summed E-state index contributed by atoms with van der Waals surface area (Å²) in [6.07, 6.45) is 2.50. The van der Waals surface area contributed by atoms with Gasteiger partial charge < -0.3 is 5.11 Å². The Morgan fingerprint density at radius 3 is 2.50 bits per heavy atom. The normalized spacial score (nSPS) is 35.4. The minimum absolute atomic E-state index is 0.198. The summed E-state index contributed by atoms with van der Waals surface area (Å²) in [6, 6.07) is 0. The summed E-state index contributed by atoms with van der Waals surface area (Å²) in [5.74, 6) is 0.437. The van der Waals surface area contributed by atoms with Gasteiger partial charge in [-0.3, -0.25) is 0 Å². The molecule has 4 nitrogen and oxygen atoms in total. The third-order valence-electron chi connectivity index (χ3n) is 3.16. The molecule has 1 saturated carbocycles. The summed E-state index contributed by atoms with van der Waals surface area (Å²) in [5.41, 5.74) is -0.725. The molecular weight excluding hydrogens is 202 g/mol. The van der Waals surface area contributed by atoms with Crippen LogP contribution >= 0.6 is 0 Å². The van der Waals surface area contributed by atoms with Gasteiger partial charge in [-0.25, -0.2) is 8.42 Å². The first kappa shape index (κ1) is 10.4. The zero-order chi connectivity index (χ0) is 10.4. The summed E-state index contributed by atoms with van der Waals surface area (Å²) in [6.45, 7) is 2.81. The topological polar surface area (TPSA) is 57.6 Å². The fourth-order valence-electron chi connectivity index (χ4n) is 2.21. The molecule has 2 rings (SSSR count). The van der Waals surface area contributed by atoms with Gasteiger partial charge in [0.1, 0.15) is 0 Å². The number of aliphatic hydroxyl groups is 1. The molecule has 0 aromatic carbocycles. The van der Waals surface area contributed by atoms with E-state index in [0.29, 0.717) is 13.1 Å². The molecule has 2 fully saturated rings. The molecule has 1 saturated heterocycles.